The molecule has 152 valence electrons. The van der Waals surface area contributed by atoms with E-state index < -0.39 is 6.04 Å². The van der Waals surface area contributed by atoms with Crippen molar-refractivity contribution in [1.29, 1.82) is 5.41 Å². The number of thiocarbonyl (C=S) groups is 1. The molecule has 0 unspecified atom stereocenters. The molecule has 6 nitrogen and oxygen atoms in total. The summed E-state index contributed by atoms with van der Waals surface area (Å²) < 4.78 is 0.983. The third-order valence-corrected chi connectivity index (χ3v) is 5.44. The lowest BCUT2D eigenvalue weighted by Crippen LogP contribution is -2.43. The van der Waals surface area contributed by atoms with Crippen molar-refractivity contribution in [1.82, 2.24) is 10.2 Å². The number of rotatable bonds is 5. The van der Waals surface area contributed by atoms with Crippen LogP contribution in [0.2, 0.25) is 0 Å². The van der Waals surface area contributed by atoms with Crippen LogP contribution in [0.15, 0.2) is 53.0 Å². The second kappa shape index (κ2) is 9.84. The first kappa shape index (κ1) is 21.3. The Labute approximate surface area is 184 Å². The molecule has 1 saturated heterocycles. The highest BCUT2D eigenvalue weighted by Crippen LogP contribution is 2.16. The first-order valence-electron chi connectivity index (χ1n) is 9.50. The van der Waals surface area contributed by atoms with Crippen LogP contribution in [0.3, 0.4) is 0 Å². The van der Waals surface area contributed by atoms with Crippen LogP contribution < -0.4 is 16.0 Å². The molecule has 0 aromatic heterocycles. The summed E-state index contributed by atoms with van der Waals surface area (Å²) >= 11 is 8.67. The third kappa shape index (κ3) is 6.01. The number of halogens is 1. The monoisotopic (exact) mass is 473 g/mol. The van der Waals surface area contributed by atoms with E-state index in [-0.39, 0.29) is 5.91 Å². The van der Waals surface area contributed by atoms with Crippen molar-refractivity contribution in [2.75, 3.05) is 23.7 Å². The number of amidine groups is 1. The fourth-order valence-electron chi connectivity index (χ4n) is 3.05. The Bertz CT molecular complexity index is 879. The molecule has 0 bridgehead atoms. The minimum absolute atomic E-state index is 0.188. The number of benzene rings is 2. The molecule has 0 saturated carbocycles. The largest absolute Gasteiger partial charge is 0.357 e. The molecular weight excluding hydrogens is 450 g/mol. The van der Waals surface area contributed by atoms with Crippen molar-refractivity contribution in [3.8, 4) is 0 Å². The fraction of sp³-hybridized carbons (Fsp3) is 0.286. The molecule has 0 aliphatic carbocycles. The second-order valence-corrected chi connectivity index (χ2v) is 8.26. The van der Waals surface area contributed by atoms with Gasteiger partial charge in [-0.2, -0.15) is 0 Å². The van der Waals surface area contributed by atoms with E-state index in [9.17, 15) is 4.79 Å². The van der Waals surface area contributed by atoms with Crippen LogP contribution in [0.25, 0.3) is 0 Å². The van der Waals surface area contributed by atoms with Crippen LogP contribution in [0, 0.1) is 5.41 Å². The maximum Gasteiger partial charge on any atom is 0.246 e. The summed E-state index contributed by atoms with van der Waals surface area (Å²) in [5, 5.41) is 17.6. The highest BCUT2D eigenvalue weighted by atomic mass is 79.9. The summed E-state index contributed by atoms with van der Waals surface area (Å²) in [5.41, 5.74) is 2.39. The summed E-state index contributed by atoms with van der Waals surface area (Å²) in [6.45, 7) is 3.63. The fourth-order valence-corrected chi connectivity index (χ4v) is 3.61. The topological polar surface area (TPSA) is 80.2 Å². The standard InChI is InChI=1S/C21H24BrN5OS/c1-14(24-21(29)26-18-10-6-16(22)7-11-18)20(28)25-17-8-4-15(5-9-17)19(23)27-12-2-3-13-27/h4-11,14,23H,2-3,12-13H2,1H3,(H,25,28)(H2,24,26,29)/t14-/m0/s1. The number of nitrogens with zero attached hydrogens (tertiary/aromatic N) is 1. The van der Waals surface area contributed by atoms with E-state index in [1.807, 2.05) is 48.5 Å². The Morgan fingerprint density at radius 2 is 1.59 bits per heavy atom. The molecule has 3 rings (SSSR count). The Balaban J connectivity index is 1.50. The van der Waals surface area contributed by atoms with Crippen molar-refractivity contribution in [3.05, 3.63) is 58.6 Å². The van der Waals surface area contributed by atoms with Gasteiger partial charge in [0.25, 0.3) is 0 Å². The number of amides is 1. The van der Waals surface area contributed by atoms with Gasteiger partial charge < -0.3 is 20.9 Å². The van der Waals surface area contributed by atoms with Gasteiger partial charge in [0.05, 0.1) is 0 Å². The molecule has 1 amide bonds. The van der Waals surface area contributed by atoms with E-state index in [2.05, 4.69) is 36.8 Å². The van der Waals surface area contributed by atoms with Gasteiger partial charge in [0.1, 0.15) is 11.9 Å². The molecule has 0 radical (unpaired) electrons. The minimum atomic E-state index is -0.506. The molecule has 1 heterocycles. The van der Waals surface area contributed by atoms with E-state index in [1.54, 1.807) is 6.92 Å². The van der Waals surface area contributed by atoms with E-state index in [1.165, 1.54) is 0 Å². The van der Waals surface area contributed by atoms with Gasteiger partial charge in [0, 0.05) is 34.5 Å². The van der Waals surface area contributed by atoms with Crippen LogP contribution in [0.1, 0.15) is 25.3 Å². The van der Waals surface area contributed by atoms with Crippen LogP contribution in [0.4, 0.5) is 11.4 Å². The molecule has 1 aliphatic heterocycles. The first-order valence-corrected chi connectivity index (χ1v) is 10.7. The first-order chi connectivity index (χ1) is 13.9. The molecule has 0 spiro atoms. The Hall–Kier alpha value is -2.45. The van der Waals surface area contributed by atoms with Gasteiger partial charge in [-0.05, 0) is 80.5 Å². The Kier molecular flexibility index (Phi) is 7.22. The maximum absolute atomic E-state index is 12.5. The average Bonchev–Trinajstić information content (AvgIpc) is 3.24. The number of likely N-dealkylation sites (tertiary alicyclic amines) is 1. The van der Waals surface area contributed by atoms with Gasteiger partial charge >= 0.3 is 0 Å². The number of carbonyl (C=O) groups excluding carboxylic acids is 1. The summed E-state index contributed by atoms with van der Waals surface area (Å²) in [5.74, 6) is 0.354. The summed E-state index contributed by atoms with van der Waals surface area (Å²) in [4.78, 5) is 14.5. The normalized spacial score (nSPS) is 14.2. The predicted octanol–water partition coefficient (Wildman–Crippen LogP) is 4.18. The number of hydrogen-bond acceptors (Lipinski definition) is 3. The van der Waals surface area contributed by atoms with Gasteiger partial charge in [-0.25, -0.2) is 0 Å². The minimum Gasteiger partial charge on any atom is -0.357 e. The van der Waals surface area contributed by atoms with E-state index in [0.29, 0.717) is 16.6 Å². The highest BCUT2D eigenvalue weighted by Gasteiger charge is 2.17. The number of carbonyl (C=O) groups is 1. The Morgan fingerprint density at radius 1 is 1.03 bits per heavy atom. The lowest BCUT2D eigenvalue weighted by atomic mass is 10.1. The number of anilines is 2. The van der Waals surface area contributed by atoms with Gasteiger partial charge in [0.2, 0.25) is 5.91 Å². The van der Waals surface area contributed by atoms with Gasteiger partial charge in [0.15, 0.2) is 5.11 Å². The Morgan fingerprint density at radius 3 is 2.21 bits per heavy atom. The zero-order valence-corrected chi connectivity index (χ0v) is 18.6. The van der Waals surface area contributed by atoms with Crippen molar-refractivity contribution < 1.29 is 4.79 Å². The van der Waals surface area contributed by atoms with Crippen LogP contribution in [-0.2, 0) is 4.79 Å². The molecular formula is C21H24BrN5OS. The van der Waals surface area contributed by atoms with E-state index in [0.717, 1.165) is 41.7 Å². The number of hydrogen-bond donors (Lipinski definition) is 4. The predicted molar refractivity (Wildman–Crippen MR) is 126 cm³/mol. The zero-order chi connectivity index (χ0) is 20.8. The van der Waals surface area contributed by atoms with Gasteiger partial charge in [-0.15, -0.1) is 0 Å². The smallest absolute Gasteiger partial charge is 0.246 e. The van der Waals surface area contributed by atoms with Crippen molar-refractivity contribution in [3.63, 3.8) is 0 Å². The summed E-state index contributed by atoms with van der Waals surface area (Å²) in [7, 11) is 0. The van der Waals surface area contributed by atoms with Crippen molar-refractivity contribution >= 4 is 56.4 Å². The van der Waals surface area contributed by atoms with Crippen LogP contribution in [0.5, 0.6) is 0 Å². The van der Waals surface area contributed by atoms with Crippen molar-refractivity contribution in [2.24, 2.45) is 0 Å². The molecule has 2 aromatic rings. The molecule has 4 N–H and O–H groups in total. The maximum atomic E-state index is 12.5. The molecule has 1 atom stereocenters. The van der Waals surface area contributed by atoms with Crippen LogP contribution in [-0.4, -0.2) is 40.9 Å². The molecule has 8 heteroatoms. The molecule has 1 fully saturated rings. The number of nitrogens with one attached hydrogen (secondary N) is 4. The van der Waals surface area contributed by atoms with Crippen LogP contribution >= 0.6 is 28.1 Å². The molecule has 1 aliphatic rings. The molecule has 2 aromatic carbocycles. The van der Waals surface area contributed by atoms with E-state index in [4.69, 9.17) is 17.6 Å². The van der Waals surface area contributed by atoms with E-state index >= 15 is 0 Å². The van der Waals surface area contributed by atoms with Crippen molar-refractivity contribution in [2.45, 2.75) is 25.8 Å². The lowest BCUT2D eigenvalue weighted by molar-refractivity contribution is -0.117. The summed E-state index contributed by atoms with van der Waals surface area (Å²) in [6.07, 6.45) is 2.28. The third-order valence-electron chi connectivity index (χ3n) is 4.69. The van der Waals surface area contributed by atoms with Gasteiger partial charge in [-0.3, -0.25) is 10.2 Å². The zero-order valence-electron chi connectivity index (χ0n) is 16.2. The lowest BCUT2D eigenvalue weighted by Gasteiger charge is -2.19. The molecule has 29 heavy (non-hydrogen) atoms. The second-order valence-electron chi connectivity index (χ2n) is 6.94. The summed E-state index contributed by atoms with van der Waals surface area (Å²) in [6, 6.07) is 14.5. The highest BCUT2D eigenvalue weighted by molar-refractivity contribution is 9.10. The quantitative estimate of drug-likeness (QED) is 0.297. The SMILES string of the molecule is C[C@H](NC(=S)Nc1ccc(Br)cc1)C(=O)Nc1ccc(C(=N)N2CCCC2)cc1. The van der Waals surface area contributed by atoms with Gasteiger partial charge in [-0.1, -0.05) is 15.9 Å². The average molecular weight is 474 g/mol.